The Hall–Kier alpha value is -2.54. The van der Waals surface area contributed by atoms with E-state index in [1.807, 2.05) is 6.07 Å². The number of nitrogens with one attached hydrogen (secondary N) is 1. The lowest BCUT2D eigenvalue weighted by molar-refractivity contribution is -0.116. The van der Waals surface area contributed by atoms with Crippen LogP contribution in [0.1, 0.15) is 30.3 Å². The Balaban J connectivity index is 1.51. The number of carbonyl (C=O) groups excluding carboxylic acids is 1. The zero-order valence-electron chi connectivity index (χ0n) is 14.6. The van der Waals surface area contributed by atoms with Crippen LogP contribution in [0.15, 0.2) is 35.3 Å². The Morgan fingerprint density at radius 3 is 3.08 bits per heavy atom. The van der Waals surface area contributed by atoms with E-state index in [1.165, 1.54) is 23.9 Å². The number of hydrogen-bond donors (Lipinski definition) is 1. The number of rotatable bonds is 4. The van der Waals surface area contributed by atoms with Gasteiger partial charge in [-0.3, -0.25) is 14.3 Å². The van der Waals surface area contributed by atoms with Gasteiger partial charge in [-0.15, -0.1) is 11.3 Å². The van der Waals surface area contributed by atoms with Crippen molar-refractivity contribution in [3.63, 3.8) is 0 Å². The highest BCUT2D eigenvalue weighted by molar-refractivity contribution is 7.15. The molecule has 0 fully saturated rings. The molecule has 1 amide bonds. The average Bonchev–Trinajstić information content (AvgIpc) is 3.05. The molecule has 3 aromatic rings. The number of hydrogen-bond acceptors (Lipinski definition) is 5. The molecular formula is C19H20N4O2S. The standard InChI is InChI=1S/C19H20N4O2S/c1-2-12-7-8-14-17(9-12)26-19(21-14)22-18(25)11-23-15-6-4-3-5-13(15)16(24)10-20-23/h3-6,10,12H,2,7-9,11H2,1H3,(H,21,22,25)/t12-/m1/s1. The highest BCUT2D eigenvalue weighted by atomic mass is 32.1. The normalized spacial score (nSPS) is 16.4. The molecule has 0 spiro atoms. The molecule has 0 saturated carbocycles. The number of aromatic nitrogens is 3. The topological polar surface area (TPSA) is 76.9 Å². The highest BCUT2D eigenvalue weighted by Gasteiger charge is 2.22. The average molecular weight is 368 g/mol. The van der Waals surface area contributed by atoms with Crippen molar-refractivity contribution < 1.29 is 4.79 Å². The minimum Gasteiger partial charge on any atom is -0.300 e. The second-order valence-electron chi connectivity index (χ2n) is 6.64. The SMILES string of the molecule is CC[C@@H]1CCc2nc(NC(=O)Cn3ncc(=O)c4ccccc43)sc2C1. The summed E-state index contributed by atoms with van der Waals surface area (Å²) >= 11 is 1.58. The van der Waals surface area contributed by atoms with E-state index >= 15 is 0 Å². The van der Waals surface area contributed by atoms with E-state index in [9.17, 15) is 9.59 Å². The molecule has 1 N–H and O–H groups in total. The summed E-state index contributed by atoms with van der Waals surface area (Å²) < 4.78 is 1.55. The van der Waals surface area contributed by atoms with Crippen LogP contribution >= 0.6 is 11.3 Å². The van der Waals surface area contributed by atoms with Gasteiger partial charge in [0.2, 0.25) is 11.3 Å². The van der Waals surface area contributed by atoms with Crippen molar-refractivity contribution in [1.29, 1.82) is 0 Å². The van der Waals surface area contributed by atoms with E-state index < -0.39 is 0 Å². The summed E-state index contributed by atoms with van der Waals surface area (Å²) in [6.07, 6.45) is 5.66. The van der Waals surface area contributed by atoms with E-state index in [4.69, 9.17) is 0 Å². The second kappa shape index (κ2) is 6.99. The lowest BCUT2D eigenvalue weighted by Gasteiger charge is -2.18. The lowest BCUT2D eigenvalue weighted by Crippen LogP contribution is -2.22. The first-order chi connectivity index (χ1) is 12.6. The van der Waals surface area contributed by atoms with Crippen molar-refractivity contribution in [2.45, 2.75) is 39.2 Å². The molecular weight excluding hydrogens is 348 g/mol. The number of carbonyl (C=O) groups is 1. The first kappa shape index (κ1) is 16.9. The van der Waals surface area contributed by atoms with Crippen LogP contribution in [0, 0.1) is 5.92 Å². The molecule has 1 aliphatic rings. The van der Waals surface area contributed by atoms with Gasteiger partial charge in [0.05, 0.1) is 17.4 Å². The van der Waals surface area contributed by atoms with Crippen molar-refractivity contribution in [1.82, 2.24) is 14.8 Å². The molecule has 4 rings (SSSR count). The summed E-state index contributed by atoms with van der Waals surface area (Å²) in [5, 5.41) is 8.21. The molecule has 7 heteroatoms. The molecule has 1 aliphatic carbocycles. The van der Waals surface area contributed by atoms with Crippen LogP contribution in [0.2, 0.25) is 0 Å². The molecule has 0 unspecified atom stereocenters. The maximum atomic E-state index is 12.5. The fraction of sp³-hybridized carbons (Fsp3) is 0.368. The number of benzene rings is 1. The van der Waals surface area contributed by atoms with Crippen LogP contribution in [0.3, 0.4) is 0 Å². The Kier molecular flexibility index (Phi) is 4.55. The van der Waals surface area contributed by atoms with E-state index in [2.05, 4.69) is 22.3 Å². The monoisotopic (exact) mass is 368 g/mol. The van der Waals surface area contributed by atoms with Crippen LogP contribution < -0.4 is 10.7 Å². The summed E-state index contributed by atoms with van der Waals surface area (Å²) in [4.78, 5) is 30.2. The van der Waals surface area contributed by atoms with Gasteiger partial charge in [-0.25, -0.2) is 4.98 Å². The maximum absolute atomic E-state index is 12.5. The number of thiazole rings is 1. The lowest BCUT2D eigenvalue weighted by atomic mass is 9.89. The number of anilines is 1. The summed E-state index contributed by atoms with van der Waals surface area (Å²) in [7, 11) is 0. The van der Waals surface area contributed by atoms with Crippen LogP contribution in [-0.2, 0) is 24.2 Å². The number of nitrogens with zero attached hydrogens (tertiary/aromatic N) is 3. The molecule has 26 heavy (non-hydrogen) atoms. The van der Waals surface area contributed by atoms with Crippen LogP contribution in [-0.4, -0.2) is 20.7 Å². The molecule has 1 aromatic carbocycles. The Labute approximate surface area is 154 Å². The Morgan fingerprint density at radius 1 is 1.38 bits per heavy atom. The van der Waals surface area contributed by atoms with Crippen molar-refractivity contribution in [3.8, 4) is 0 Å². The molecule has 0 saturated heterocycles. The van der Waals surface area contributed by atoms with E-state index in [0.717, 1.165) is 24.5 Å². The second-order valence-corrected chi connectivity index (χ2v) is 7.72. The molecule has 0 bridgehead atoms. The van der Waals surface area contributed by atoms with Crippen molar-refractivity contribution >= 4 is 33.3 Å². The highest BCUT2D eigenvalue weighted by Crippen LogP contribution is 2.33. The molecule has 134 valence electrons. The first-order valence-electron chi connectivity index (χ1n) is 8.87. The van der Waals surface area contributed by atoms with Gasteiger partial charge in [0.25, 0.3) is 0 Å². The first-order valence-corrected chi connectivity index (χ1v) is 9.69. The summed E-state index contributed by atoms with van der Waals surface area (Å²) in [6, 6.07) is 7.17. The van der Waals surface area contributed by atoms with Gasteiger partial charge in [-0.1, -0.05) is 25.5 Å². The third-order valence-electron chi connectivity index (χ3n) is 4.92. The third-order valence-corrected chi connectivity index (χ3v) is 5.96. The molecule has 2 heterocycles. The van der Waals surface area contributed by atoms with Crippen LogP contribution in [0.25, 0.3) is 10.9 Å². The quantitative estimate of drug-likeness (QED) is 0.768. The van der Waals surface area contributed by atoms with Crippen LogP contribution in [0.5, 0.6) is 0 Å². The fourth-order valence-electron chi connectivity index (χ4n) is 3.43. The largest absolute Gasteiger partial charge is 0.300 e. The minimum atomic E-state index is -0.190. The third kappa shape index (κ3) is 3.26. The number of amides is 1. The van der Waals surface area contributed by atoms with Crippen molar-refractivity contribution in [3.05, 3.63) is 51.3 Å². The van der Waals surface area contributed by atoms with Gasteiger partial charge in [0.15, 0.2) is 5.13 Å². The van der Waals surface area contributed by atoms with Crippen molar-refractivity contribution in [2.75, 3.05) is 5.32 Å². The van der Waals surface area contributed by atoms with Gasteiger partial charge in [-0.05, 0) is 37.3 Å². The number of fused-ring (bicyclic) bond motifs is 2. The Morgan fingerprint density at radius 2 is 2.23 bits per heavy atom. The Bertz CT molecular complexity index is 1020. The summed E-state index contributed by atoms with van der Waals surface area (Å²) in [5.74, 6) is 0.535. The van der Waals surface area contributed by atoms with Gasteiger partial charge in [-0.2, -0.15) is 5.10 Å². The predicted molar refractivity (Wildman–Crippen MR) is 103 cm³/mol. The molecule has 0 radical (unpaired) electrons. The van der Waals surface area contributed by atoms with E-state index in [-0.39, 0.29) is 17.9 Å². The minimum absolute atomic E-state index is 0.0443. The summed E-state index contributed by atoms with van der Waals surface area (Å²) in [5.41, 5.74) is 1.64. The summed E-state index contributed by atoms with van der Waals surface area (Å²) in [6.45, 7) is 2.27. The smallest absolute Gasteiger partial charge is 0.247 e. The molecule has 2 aromatic heterocycles. The van der Waals surface area contributed by atoms with Gasteiger partial charge in [0.1, 0.15) is 6.54 Å². The zero-order valence-corrected chi connectivity index (χ0v) is 15.4. The maximum Gasteiger partial charge on any atom is 0.247 e. The van der Waals surface area contributed by atoms with Crippen molar-refractivity contribution in [2.24, 2.45) is 5.92 Å². The molecule has 0 aliphatic heterocycles. The molecule has 6 nitrogen and oxygen atoms in total. The van der Waals surface area contributed by atoms with Gasteiger partial charge >= 0.3 is 0 Å². The molecule has 1 atom stereocenters. The number of aryl methyl sites for hydroxylation is 1. The fourth-order valence-corrected chi connectivity index (χ4v) is 4.57. The number of para-hydroxylation sites is 1. The van der Waals surface area contributed by atoms with E-state index in [0.29, 0.717) is 16.0 Å². The zero-order chi connectivity index (χ0) is 18.1. The van der Waals surface area contributed by atoms with E-state index in [1.54, 1.807) is 34.2 Å². The van der Waals surface area contributed by atoms with Gasteiger partial charge < -0.3 is 5.32 Å². The predicted octanol–water partition coefficient (Wildman–Crippen LogP) is 3.01. The van der Waals surface area contributed by atoms with Gasteiger partial charge in [0, 0.05) is 10.3 Å². The van der Waals surface area contributed by atoms with Crippen LogP contribution in [0.4, 0.5) is 5.13 Å².